The molecule has 0 aliphatic rings. The van der Waals surface area contributed by atoms with E-state index >= 15 is 0 Å². The van der Waals surface area contributed by atoms with Crippen LogP contribution < -0.4 is 5.32 Å². The van der Waals surface area contributed by atoms with E-state index in [1.165, 1.54) is 10.9 Å². The smallest absolute Gasteiger partial charge is 0.143 e. The van der Waals surface area contributed by atoms with Crippen molar-refractivity contribution in [1.82, 2.24) is 0 Å². The molecule has 0 spiro atoms. The van der Waals surface area contributed by atoms with Gasteiger partial charge in [0.05, 0.1) is 11.6 Å². The fourth-order valence-corrected chi connectivity index (χ4v) is 2.79. The largest absolute Gasteiger partial charge is 0.380 e. The van der Waals surface area contributed by atoms with Gasteiger partial charge in [-0.1, -0.05) is 11.6 Å². The third-order valence-electron chi connectivity index (χ3n) is 2.06. The molecule has 0 unspecified atom stereocenters. The summed E-state index contributed by atoms with van der Waals surface area (Å²) in [5.74, 6) is -0.406. The van der Waals surface area contributed by atoms with Gasteiger partial charge in [-0.3, -0.25) is 0 Å². The highest BCUT2D eigenvalue weighted by Gasteiger charge is 2.03. The second-order valence-electron chi connectivity index (χ2n) is 3.17. The van der Waals surface area contributed by atoms with E-state index in [1.807, 2.05) is 11.4 Å². The lowest BCUT2D eigenvalue weighted by Gasteiger charge is -2.06. The summed E-state index contributed by atoms with van der Waals surface area (Å²) >= 11 is 10.7. The third-order valence-corrected chi connectivity index (χ3v) is 4.30. The van der Waals surface area contributed by atoms with Crippen LogP contribution in [0.1, 0.15) is 4.88 Å². The lowest BCUT2D eigenvalue weighted by atomic mass is 10.3. The van der Waals surface area contributed by atoms with Crippen LogP contribution in [0.15, 0.2) is 34.1 Å². The van der Waals surface area contributed by atoms with Gasteiger partial charge in [0.1, 0.15) is 5.82 Å². The molecular formula is C11H8BrClFNS. The van der Waals surface area contributed by atoms with Crippen LogP contribution in [0.3, 0.4) is 0 Å². The molecule has 1 nitrogen and oxygen atoms in total. The molecule has 2 aromatic rings. The Morgan fingerprint density at radius 1 is 1.38 bits per heavy atom. The van der Waals surface area contributed by atoms with Gasteiger partial charge < -0.3 is 5.32 Å². The van der Waals surface area contributed by atoms with Crippen molar-refractivity contribution in [3.05, 3.63) is 49.8 Å². The molecule has 0 atom stereocenters. The number of halogens is 3. The molecular weight excluding hydrogens is 313 g/mol. The molecule has 1 aromatic heterocycles. The molecule has 0 radical (unpaired) electrons. The summed E-state index contributed by atoms with van der Waals surface area (Å²) in [6.07, 6.45) is 0. The first kappa shape index (κ1) is 11.9. The topological polar surface area (TPSA) is 12.0 Å². The van der Waals surface area contributed by atoms with E-state index in [9.17, 15) is 4.39 Å². The summed E-state index contributed by atoms with van der Waals surface area (Å²) in [4.78, 5) is 1.18. The molecule has 0 amide bonds. The normalized spacial score (nSPS) is 10.4. The van der Waals surface area contributed by atoms with Crippen molar-refractivity contribution >= 4 is 44.6 Å². The average Bonchev–Trinajstić information content (AvgIpc) is 2.66. The van der Waals surface area contributed by atoms with Gasteiger partial charge >= 0.3 is 0 Å². The highest BCUT2D eigenvalue weighted by Crippen LogP contribution is 2.24. The van der Waals surface area contributed by atoms with Gasteiger partial charge in [-0.25, -0.2) is 4.39 Å². The first-order valence-corrected chi connectivity index (χ1v) is 6.62. The number of thiophene rings is 1. The van der Waals surface area contributed by atoms with E-state index in [4.69, 9.17) is 11.6 Å². The van der Waals surface area contributed by atoms with Crippen LogP contribution in [0.5, 0.6) is 0 Å². The summed E-state index contributed by atoms with van der Waals surface area (Å²) < 4.78 is 14.2. The Labute approximate surface area is 110 Å². The van der Waals surface area contributed by atoms with Crippen molar-refractivity contribution in [3.63, 3.8) is 0 Å². The maximum absolute atomic E-state index is 13.1. The molecule has 1 N–H and O–H groups in total. The highest BCUT2D eigenvalue weighted by molar-refractivity contribution is 9.10. The van der Waals surface area contributed by atoms with Crippen LogP contribution in [-0.2, 0) is 6.54 Å². The van der Waals surface area contributed by atoms with Gasteiger partial charge in [-0.2, -0.15) is 0 Å². The standard InChI is InChI=1S/C11H8BrClFNS/c12-8-3-4-16-11(8)6-15-7-1-2-9(13)10(14)5-7/h1-5,15H,6H2. The third kappa shape index (κ3) is 2.75. The zero-order chi connectivity index (χ0) is 11.5. The number of benzene rings is 1. The van der Waals surface area contributed by atoms with E-state index in [0.717, 1.165) is 10.2 Å². The van der Waals surface area contributed by atoms with E-state index in [0.29, 0.717) is 6.54 Å². The maximum Gasteiger partial charge on any atom is 0.143 e. The Bertz CT molecular complexity index is 500. The minimum Gasteiger partial charge on any atom is -0.380 e. The second kappa shape index (κ2) is 5.17. The predicted octanol–water partition coefficient (Wildman–Crippen LogP) is 4.92. The van der Waals surface area contributed by atoms with Crippen LogP contribution >= 0.6 is 38.9 Å². The molecule has 0 bridgehead atoms. The summed E-state index contributed by atoms with van der Waals surface area (Å²) in [6, 6.07) is 6.68. The summed E-state index contributed by atoms with van der Waals surface area (Å²) in [6.45, 7) is 0.666. The number of nitrogens with one attached hydrogen (secondary N) is 1. The predicted molar refractivity (Wildman–Crippen MR) is 70.8 cm³/mol. The Kier molecular flexibility index (Phi) is 3.84. The molecule has 0 saturated heterocycles. The van der Waals surface area contributed by atoms with Crippen LogP contribution in [0.2, 0.25) is 5.02 Å². The van der Waals surface area contributed by atoms with E-state index in [1.54, 1.807) is 23.5 Å². The van der Waals surface area contributed by atoms with Crippen molar-refractivity contribution in [1.29, 1.82) is 0 Å². The SMILES string of the molecule is Fc1cc(NCc2sccc2Br)ccc1Cl. The number of anilines is 1. The summed E-state index contributed by atoms with van der Waals surface area (Å²) in [5, 5.41) is 5.28. The van der Waals surface area contributed by atoms with Crippen LogP contribution in [0.25, 0.3) is 0 Å². The molecule has 84 valence electrons. The van der Waals surface area contributed by atoms with E-state index in [2.05, 4.69) is 21.2 Å². The number of hydrogen-bond acceptors (Lipinski definition) is 2. The monoisotopic (exact) mass is 319 g/mol. The first-order chi connectivity index (χ1) is 7.66. The Morgan fingerprint density at radius 3 is 2.81 bits per heavy atom. The van der Waals surface area contributed by atoms with Gasteiger partial charge in [0.25, 0.3) is 0 Å². The fraction of sp³-hybridized carbons (Fsp3) is 0.0909. The van der Waals surface area contributed by atoms with Crippen LogP contribution in [0, 0.1) is 5.82 Å². The van der Waals surface area contributed by atoms with Gasteiger partial charge in [-0.05, 0) is 45.6 Å². The fourth-order valence-electron chi connectivity index (χ4n) is 1.24. The molecule has 0 saturated carbocycles. The maximum atomic E-state index is 13.1. The van der Waals surface area contributed by atoms with Crippen molar-refractivity contribution in [3.8, 4) is 0 Å². The molecule has 0 aliphatic heterocycles. The molecule has 1 aromatic carbocycles. The average molecular weight is 321 g/mol. The summed E-state index contributed by atoms with van der Waals surface area (Å²) in [5.41, 5.74) is 0.724. The van der Waals surface area contributed by atoms with Gasteiger partial charge in [0.15, 0.2) is 0 Å². The van der Waals surface area contributed by atoms with Crippen molar-refractivity contribution in [2.75, 3.05) is 5.32 Å². The van der Waals surface area contributed by atoms with E-state index < -0.39 is 5.82 Å². The lowest BCUT2D eigenvalue weighted by Crippen LogP contribution is -1.98. The Morgan fingerprint density at radius 2 is 2.19 bits per heavy atom. The molecule has 0 aliphatic carbocycles. The van der Waals surface area contributed by atoms with Crippen molar-refractivity contribution in [2.45, 2.75) is 6.54 Å². The molecule has 1 heterocycles. The number of hydrogen-bond donors (Lipinski definition) is 1. The Balaban J connectivity index is 2.05. The molecule has 5 heteroatoms. The zero-order valence-electron chi connectivity index (χ0n) is 8.14. The first-order valence-electron chi connectivity index (χ1n) is 4.57. The second-order valence-corrected chi connectivity index (χ2v) is 5.44. The Hall–Kier alpha value is -0.580. The van der Waals surface area contributed by atoms with Crippen LogP contribution in [-0.4, -0.2) is 0 Å². The van der Waals surface area contributed by atoms with E-state index in [-0.39, 0.29) is 5.02 Å². The lowest BCUT2D eigenvalue weighted by molar-refractivity contribution is 0.628. The van der Waals surface area contributed by atoms with Gasteiger partial charge in [-0.15, -0.1) is 11.3 Å². The minimum atomic E-state index is -0.406. The van der Waals surface area contributed by atoms with Gasteiger partial charge in [0, 0.05) is 15.0 Å². The van der Waals surface area contributed by atoms with Crippen molar-refractivity contribution < 1.29 is 4.39 Å². The number of rotatable bonds is 3. The highest BCUT2D eigenvalue weighted by atomic mass is 79.9. The quantitative estimate of drug-likeness (QED) is 0.847. The zero-order valence-corrected chi connectivity index (χ0v) is 11.3. The minimum absolute atomic E-state index is 0.142. The molecule has 2 rings (SSSR count). The summed E-state index contributed by atoms with van der Waals surface area (Å²) in [7, 11) is 0. The van der Waals surface area contributed by atoms with Crippen molar-refractivity contribution in [2.24, 2.45) is 0 Å². The van der Waals surface area contributed by atoms with Gasteiger partial charge in [0.2, 0.25) is 0 Å². The molecule has 0 fully saturated rings. The molecule has 16 heavy (non-hydrogen) atoms. The van der Waals surface area contributed by atoms with Crippen LogP contribution in [0.4, 0.5) is 10.1 Å².